The Kier molecular flexibility index (Phi) is 4.38. The van der Waals surface area contributed by atoms with Gasteiger partial charge in [0.05, 0.1) is 21.7 Å². The van der Waals surface area contributed by atoms with Crippen LogP contribution in [0.5, 0.6) is 5.75 Å². The summed E-state index contributed by atoms with van der Waals surface area (Å²) in [5.74, 6) is 0.628. The molecule has 0 N–H and O–H groups in total. The molecule has 0 amide bonds. The van der Waals surface area contributed by atoms with E-state index in [1.807, 2.05) is 6.92 Å². The van der Waals surface area contributed by atoms with Crippen LogP contribution < -0.4 is 4.74 Å². The summed E-state index contributed by atoms with van der Waals surface area (Å²) >= 11 is 3.28. The third-order valence-corrected chi connectivity index (χ3v) is 5.48. The van der Waals surface area contributed by atoms with Crippen LogP contribution in [0.4, 0.5) is 0 Å². The van der Waals surface area contributed by atoms with E-state index in [-0.39, 0.29) is 5.25 Å². The van der Waals surface area contributed by atoms with E-state index in [9.17, 15) is 8.42 Å². The third-order valence-electron chi connectivity index (χ3n) is 2.56. The van der Waals surface area contributed by atoms with Gasteiger partial charge >= 0.3 is 0 Å². The van der Waals surface area contributed by atoms with Gasteiger partial charge in [-0.25, -0.2) is 8.42 Å². The molecule has 0 aromatic heterocycles. The average Bonchev–Trinajstić information content (AvgIpc) is 2.27. The number of methoxy groups -OCH3 is 1. The first-order chi connectivity index (χ1) is 7.43. The Balaban J connectivity index is 3.21. The van der Waals surface area contributed by atoms with Gasteiger partial charge in [-0.15, -0.1) is 0 Å². The summed E-state index contributed by atoms with van der Waals surface area (Å²) in [6, 6.07) is 4.81. The Labute approximate surface area is 105 Å². The van der Waals surface area contributed by atoms with Crippen LogP contribution in [0.3, 0.4) is 0 Å². The highest BCUT2D eigenvalue weighted by atomic mass is 79.9. The minimum atomic E-state index is -3.22. The van der Waals surface area contributed by atoms with Crippen LogP contribution in [0.15, 0.2) is 27.6 Å². The molecule has 0 fully saturated rings. The smallest absolute Gasteiger partial charge is 0.180 e. The van der Waals surface area contributed by atoms with E-state index in [2.05, 4.69) is 15.9 Å². The Hall–Kier alpha value is -0.550. The highest BCUT2D eigenvalue weighted by molar-refractivity contribution is 9.10. The van der Waals surface area contributed by atoms with Crippen molar-refractivity contribution in [2.45, 2.75) is 30.4 Å². The lowest BCUT2D eigenvalue weighted by Crippen LogP contribution is -2.16. The minimum absolute atomic E-state index is 0.328. The summed E-state index contributed by atoms with van der Waals surface area (Å²) in [6.45, 7) is 3.58. The van der Waals surface area contributed by atoms with Gasteiger partial charge in [-0.05, 0) is 47.5 Å². The summed E-state index contributed by atoms with van der Waals surface area (Å²) in [5.41, 5.74) is 0. The Morgan fingerprint density at radius 1 is 1.44 bits per heavy atom. The van der Waals surface area contributed by atoms with Crippen LogP contribution in [-0.2, 0) is 9.84 Å². The highest BCUT2D eigenvalue weighted by Gasteiger charge is 2.22. The lowest BCUT2D eigenvalue weighted by Gasteiger charge is -2.12. The Bertz CT molecular complexity index is 468. The molecule has 0 heterocycles. The van der Waals surface area contributed by atoms with Gasteiger partial charge in [0.2, 0.25) is 0 Å². The summed E-state index contributed by atoms with van der Waals surface area (Å²) in [5, 5.41) is -0.368. The van der Waals surface area contributed by atoms with Crippen LogP contribution in [0.1, 0.15) is 20.3 Å². The van der Waals surface area contributed by atoms with Gasteiger partial charge in [0.25, 0.3) is 0 Å². The number of benzene rings is 1. The lowest BCUT2D eigenvalue weighted by molar-refractivity contribution is 0.411. The molecule has 1 atom stereocenters. The molecule has 1 aromatic rings. The maximum Gasteiger partial charge on any atom is 0.180 e. The summed E-state index contributed by atoms with van der Waals surface area (Å²) < 4.78 is 29.8. The molecular weight excluding hydrogens is 292 g/mol. The van der Waals surface area contributed by atoms with E-state index in [4.69, 9.17) is 4.74 Å². The van der Waals surface area contributed by atoms with Crippen LogP contribution in [0.25, 0.3) is 0 Å². The molecule has 90 valence electrons. The van der Waals surface area contributed by atoms with Crippen LogP contribution in [0, 0.1) is 0 Å². The topological polar surface area (TPSA) is 43.4 Å². The molecule has 1 rings (SSSR count). The zero-order chi connectivity index (χ0) is 12.3. The monoisotopic (exact) mass is 306 g/mol. The molecule has 0 radical (unpaired) electrons. The standard InChI is InChI=1S/C11H15BrO3S/c1-4-8(2)16(13,14)9-5-6-11(15-3)10(12)7-9/h5-8H,4H2,1-3H3. The van der Waals surface area contributed by atoms with Crippen molar-refractivity contribution in [2.75, 3.05) is 7.11 Å². The Morgan fingerprint density at radius 2 is 2.06 bits per heavy atom. The van der Waals surface area contributed by atoms with E-state index in [1.54, 1.807) is 32.2 Å². The average molecular weight is 307 g/mol. The predicted octanol–water partition coefficient (Wildman–Crippen LogP) is 3.03. The summed E-state index contributed by atoms with van der Waals surface area (Å²) in [6.07, 6.45) is 0.603. The fourth-order valence-electron chi connectivity index (χ4n) is 1.28. The maximum absolute atomic E-state index is 12.1. The van der Waals surface area contributed by atoms with Gasteiger partial charge < -0.3 is 4.74 Å². The van der Waals surface area contributed by atoms with Crippen molar-refractivity contribution in [2.24, 2.45) is 0 Å². The first-order valence-corrected chi connectivity index (χ1v) is 7.34. The number of rotatable bonds is 4. The molecular formula is C11H15BrO3S. The van der Waals surface area contributed by atoms with Gasteiger partial charge in [0, 0.05) is 0 Å². The number of sulfone groups is 1. The van der Waals surface area contributed by atoms with Gasteiger partial charge in [0.15, 0.2) is 9.84 Å². The van der Waals surface area contributed by atoms with Crippen molar-refractivity contribution in [3.8, 4) is 5.75 Å². The number of hydrogen-bond acceptors (Lipinski definition) is 3. The molecule has 1 unspecified atom stereocenters. The van der Waals surface area contributed by atoms with E-state index in [1.165, 1.54) is 0 Å². The third kappa shape index (κ3) is 2.58. The molecule has 0 aliphatic carbocycles. The fourth-order valence-corrected chi connectivity index (χ4v) is 3.41. The predicted molar refractivity (Wildman–Crippen MR) is 67.6 cm³/mol. The second kappa shape index (κ2) is 5.19. The summed E-state index contributed by atoms with van der Waals surface area (Å²) in [4.78, 5) is 0.328. The largest absolute Gasteiger partial charge is 0.496 e. The molecule has 16 heavy (non-hydrogen) atoms. The van der Waals surface area contributed by atoms with Gasteiger partial charge in [-0.2, -0.15) is 0 Å². The van der Waals surface area contributed by atoms with Crippen molar-refractivity contribution >= 4 is 25.8 Å². The van der Waals surface area contributed by atoms with E-state index < -0.39 is 9.84 Å². The molecule has 0 aliphatic heterocycles. The maximum atomic E-state index is 12.1. The van der Waals surface area contributed by atoms with E-state index in [0.717, 1.165) is 0 Å². The quantitative estimate of drug-likeness (QED) is 0.859. The molecule has 0 saturated carbocycles. The first-order valence-electron chi connectivity index (χ1n) is 5.01. The van der Waals surface area contributed by atoms with E-state index in [0.29, 0.717) is 21.5 Å². The van der Waals surface area contributed by atoms with Crippen molar-refractivity contribution in [3.63, 3.8) is 0 Å². The Morgan fingerprint density at radius 3 is 2.50 bits per heavy atom. The molecule has 1 aromatic carbocycles. The van der Waals surface area contributed by atoms with Crippen molar-refractivity contribution < 1.29 is 13.2 Å². The highest BCUT2D eigenvalue weighted by Crippen LogP contribution is 2.29. The summed E-state index contributed by atoms with van der Waals surface area (Å²) in [7, 11) is -1.68. The van der Waals surface area contributed by atoms with Crippen LogP contribution >= 0.6 is 15.9 Å². The zero-order valence-corrected chi connectivity index (χ0v) is 11.9. The van der Waals surface area contributed by atoms with Gasteiger partial charge in [0.1, 0.15) is 5.75 Å². The zero-order valence-electron chi connectivity index (χ0n) is 9.53. The molecule has 0 bridgehead atoms. The minimum Gasteiger partial charge on any atom is -0.496 e. The molecule has 0 saturated heterocycles. The van der Waals surface area contributed by atoms with Crippen molar-refractivity contribution in [3.05, 3.63) is 22.7 Å². The van der Waals surface area contributed by atoms with E-state index >= 15 is 0 Å². The number of hydrogen-bond donors (Lipinski definition) is 0. The van der Waals surface area contributed by atoms with Crippen molar-refractivity contribution in [1.82, 2.24) is 0 Å². The molecule has 0 aliphatic rings. The lowest BCUT2D eigenvalue weighted by atomic mass is 10.3. The number of ether oxygens (including phenoxy) is 1. The van der Waals surface area contributed by atoms with Gasteiger partial charge in [-0.1, -0.05) is 6.92 Å². The van der Waals surface area contributed by atoms with Gasteiger partial charge in [-0.3, -0.25) is 0 Å². The normalized spacial score (nSPS) is 13.5. The second-order valence-electron chi connectivity index (χ2n) is 3.56. The number of halogens is 1. The SMILES string of the molecule is CCC(C)S(=O)(=O)c1ccc(OC)c(Br)c1. The van der Waals surface area contributed by atoms with Crippen LogP contribution in [0.2, 0.25) is 0 Å². The second-order valence-corrected chi connectivity index (χ2v) is 6.78. The fraction of sp³-hybridized carbons (Fsp3) is 0.455. The molecule has 0 spiro atoms. The van der Waals surface area contributed by atoms with Crippen LogP contribution in [-0.4, -0.2) is 20.8 Å². The molecule has 5 heteroatoms. The van der Waals surface area contributed by atoms with Crippen molar-refractivity contribution in [1.29, 1.82) is 0 Å². The first kappa shape index (κ1) is 13.5. The molecule has 3 nitrogen and oxygen atoms in total.